The maximum atomic E-state index is 6.01. The molecule has 0 aliphatic heterocycles. The van der Waals surface area contributed by atoms with Gasteiger partial charge in [-0.15, -0.1) is 11.3 Å². The first kappa shape index (κ1) is 13.8. The average molecular weight is 301 g/mol. The van der Waals surface area contributed by atoms with Crippen LogP contribution in [0.1, 0.15) is 17.5 Å². The topological polar surface area (TPSA) is 24.9 Å². The van der Waals surface area contributed by atoms with Crippen LogP contribution in [0, 0.1) is 6.92 Å². The van der Waals surface area contributed by atoms with Crippen LogP contribution < -0.4 is 5.32 Å². The number of hydrogen-bond acceptors (Lipinski definition) is 3. The predicted octanol–water partition coefficient (Wildman–Crippen LogP) is 4.53. The van der Waals surface area contributed by atoms with Gasteiger partial charge in [0.05, 0.1) is 5.69 Å². The predicted molar refractivity (Wildman–Crippen MR) is 79.7 cm³/mol. The van der Waals surface area contributed by atoms with Crippen LogP contribution in [-0.2, 0) is 6.54 Å². The average Bonchev–Trinajstić information content (AvgIpc) is 2.67. The molecule has 2 nitrogen and oxygen atoms in total. The highest BCUT2D eigenvalue weighted by Crippen LogP contribution is 2.31. The van der Waals surface area contributed by atoms with Crippen LogP contribution in [0.15, 0.2) is 18.2 Å². The third-order valence-electron chi connectivity index (χ3n) is 2.54. The summed E-state index contributed by atoms with van der Waals surface area (Å²) in [5.41, 5.74) is 2.04. The highest BCUT2D eigenvalue weighted by Gasteiger charge is 2.10. The van der Waals surface area contributed by atoms with E-state index in [1.54, 1.807) is 17.4 Å². The molecule has 0 saturated heterocycles. The Labute approximate surface area is 121 Å². The SMILES string of the molecule is CCNCc1sc(-c2cc(Cl)cc(Cl)c2)nc1C. The van der Waals surface area contributed by atoms with Crippen molar-refractivity contribution in [3.8, 4) is 10.6 Å². The number of halogens is 2. The maximum absolute atomic E-state index is 6.01. The van der Waals surface area contributed by atoms with Crippen LogP contribution >= 0.6 is 34.5 Å². The lowest BCUT2D eigenvalue weighted by molar-refractivity contribution is 0.731. The van der Waals surface area contributed by atoms with Crippen molar-refractivity contribution < 1.29 is 0 Å². The Morgan fingerprint density at radius 3 is 2.50 bits per heavy atom. The molecule has 96 valence electrons. The molecule has 0 amide bonds. The summed E-state index contributed by atoms with van der Waals surface area (Å²) in [5, 5.41) is 5.55. The highest BCUT2D eigenvalue weighted by atomic mass is 35.5. The summed E-state index contributed by atoms with van der Waals surface area (Å²) in [6.07, 6.45) is 0. The van der Waals surface area contributed by atoms with Crippen molar-refractivity contribution in [1.82, 2.24) is 10.3 Å². The summed E-state index contributed by atoms with van der Waals surface area (Å²) >= 11 is 13.7. The summed E-state index contributed by atoms with van der Waals surface area (Å²) in [4.78, 5) is 5.83. The molecule has 1 aromatic carbocycles. The Bertz CT molecular complexity index is 532. The quantitative estimate of drug-likeness (QED) is 0.897. The van der Waals surface area contributed by atoms with Crippen LogP contribution in [0.2, 0.25) is 10.0 Å². The first-order valence-corrected chi connectivity index (χ1v) is 7.31. The largest absolute Gasteiger partial charge is 0.312 e. The van der Waals surface area contributed by atoms with E-state index in [4.69, 9.17) is 23.2 Å². The van der Waals surface area contributed by atoms with Crippen LogP contribution in [0.3, 0.4) is 0 Å². The number of aryl methyl sites for hydroxylation is 1. The third-order valence-corrected chi connectivity index (χ3v) is 4.18. The van der Waals surface area contributed by atoms with Gasteiger partial charge in [0.25, 0.3) is 0 Å². The molecule has 0 aliphatic carbocycles. The van der Waals surface area contributed by atoms with Gasteiger partial charge < -0.3 is 5.32 Å². The zero-order valence-corrected chi connectivity index (χ0v) is 12.6. The maximum Gasteiger partial charge on any atom is 0.124 e. The monoisotopic (exact) mass is 300 g/mol. The summed E-state index contributed by atoms with van der Waals surface area (Å²) in [6.45, 7) is 5.93. The van der Waals surface area contributed by atoms with E-state index in [0.717, 1.165) is 29.4 Å². The molecule has 5 heteroatoms. The number of nitrogens with one attached hydrogen (secondary N) is 1. The highest BCUT2D eigenvalue weighted by molar-refractivity contribution is 7.15. The van der Waals surface area contributed by atoms with Gasteiger partial charge in [0.1, 0.15) is 5.01 Å². The Morgan fingerprint density at radius 2 is 1.89 bits per heavy atom. The molecule has 18 heavy (non-hydrogen) atoms. The minimum atomic E-state index is 0.638. The first-order valence-electron chi connectivity index (χ1n) is 5.73. The molecule has 0 fully saturated rings. The van der Waals surface area contributed by atoms with Gasteiger partial charge in [0, 0.05) is 27.0 Å². The van der Waals surface area contributed by atoms with Gasteiger partial charge in [0.2, 0.25) is 0 Å². The van der Waals surface area contributed by atoms with Crippen molar-refractivity contribution in [1.29, 1.82) is 0 Å². The van der Waals surface area contributed by atoms with E-state index in [2.05, 4.69) is 17.2 Å². The van der Waals surface area contributed by atoms with Crippen molar-refractivity contribution in [3.05, 3.63) is 38.8 Å². The molecular weight excluding hydrogens is 287 g/mol. The second-order valence-electron chi connectivity index (χ2n) is 3.97. The molecule has 0 unspecified atom stereocenters. The molecule has 1 N–H and O–H groups in total. The van der Waals surface area contributed by atoms with Gasteiger partial charge in [-0.05, 0) is 31.7 Å². The van der Waals surface area contributed by atoms with Gasteiger partial charge in [-0.3, -0.25) is 0 Å². The smallest absolute Gasteiger partial charge is 0.124 e. The molecule has 2 rings (SSSR count). The Balaban J connectivity index is 2.33. The number of nitrogens with zero attached hydrogens (tertiary/aromatic N) is 1. The normalized spacial score (nSPS) is 10.9. The summed E-state index contributed by atoms with van der Waals surface area (Å²) in [5.74, 6) is 0. The van der Waals surface area contributed by atoms with E-state index in [-0.39, 0.29) is 0 Å². The van der Waals surface area contributed by atoms with E-state index in [9.17, 15) is 0 Å². The van der Waals surface area contributed by atoms with E-state index in [1.165, 1.54) is 4.88 Å². The van der Waals surface area contributed by atoms with Crippen molar-refractivity contribution in [3.63, 3.8) is 0 Å². The summed E-state index contributed by atoms with van der Waals surface area (Å²) < 4.78 is 0. The molecule has 1 heterocycles. The van der Waals surface area contributed by atoms with Gasteiger partial charge in [-0.25, -0.2) is 4.98 Å². The Hall–Kier alpha value is -0.610. The molecule has 0 bridgehead atoms. The van der Waals surface area contributed by atoms with Crippen molar-refractivity contribution in [2.24, 2.45) is 0 Å². The third kappa shape index (κ3) is 3.23. The molecule has 1 aromatic heterocycles. The van der Waals surface area contributed by atoms with Gasteiger partial charge in [-0.2, -0.15) is 0 Å². The van der Waals surface area contributed by atoms with Gasteiger partial charge in [-0.1, -0.05) is 30.1 Å². The molecule has 0 aliphatic rings. The van der Waals surface area contributed by atoms with E-state index in [0.29, 0.717) is 10.0 Å². The zero-order valence-electron chi connectivity index (χ0n) is 10.3. The number of rotatable bonds is 4. The standard InChI is InChI=1S/C13H14Cl2N2S/c1-3-16-7-12-8(2)17-13(18-12)9-4-10(14)6-11(15)5-9/h4-6,16H,3,7H2,1-2H3. The van der Waals surface area contributed by atoms with Crippen LogP contribution in [0.25, 0.3) is 10.6 Å². The van der Waals surface area contributed by atoms with Crippen LogP contribution in [0.4, 0.5) is 0 Å². The number of aromatic nitrogens is 1. The van der Waals surface area contributed by atoms with Crippen LogP contribution in [-0.4, -0.2) is 11.5 Å². The van der Waals surface area contributed by atoms with Gasteiger partial charge >= 0.3 is 0 Å². The van der Waals surface area contributed by atoms with E-state index < -0.39 is 0 Å². The fraction of sp³-hybridized carbons (Fsp3) is 0.308. The number of thiazole rings is 1. The molecule has 0 radical (unpaired) electrons. The van der Waals surface area contributed by atoms with Crippen molar-refractivity contribution >= 4 is 34.5 Å². The second-order valence-corrected chi connectivity index (χ2v) is 5.92. The Kier molecular flexibility index (Phi) is 4.62. The first-order chi connectivity index (χ1) is 8.60. The molecule has 2 aromatic rings. The minimum Gasteiger partial charge on any atom is -0.312 e. The number of benzene rings is 1. The Morgan fingerprint density at radius 1 is 1.22 bits per heavy atom. The van der Waals surface area contributed by atoms with Crippen molar-refractivity contribution in [2.75, 3.05) is 6.54 Å². The lowest BCUT2D eigenvalue weighted by Gasteiger charge is -1.99. The second kappa shape index (κ2) is 6.02. The summed E-state index contributed by atoms with van der Waals surface area (Å²) in [7, 11) is 0. The van der Waals surface area contributed by atoms with Gasteiger partial charge in [0.15, 0.2) is 0 Å². The summed E-state index contributed by atoms with van der Waals surface area (Å²) in [6, 6.07) is 5.51. The fourth-order valence-corrected chi connectivity index (χ4v) is 3.18. The van der Waals surface area contributed by atoms with Crippen LogP contribution in [0.5, 0.6) is 0 Å². The lowest BCUT2D eigenvalue weighted by Crippen LogP contribution is -2.11. The minimum absolute atomic E-state index is 0.638. The molecular formula is C13H14Cl2N2S. The fourth-order valence-electron chi connectivity index (χ4n) is 1.63. The molecule has 0 saturated carbocycles. The van der Waals surface area contributed by atoms with E-state index in [1.807, 2.05) is 19.1 Å². The lowest BCUT2D eigenvalue weighted by atomic mass is 10.2. The zero-order chi connectivity index (χ0) is 13.1. The molecule has 0 spiro atoms. The number of hydrogen-bond donors (Lipinski definition) is 1. The van der Waals surface area contributed by atoms with Crippen molar-refractivity contribution in [2.45, 2.75) is 20.4 Å². The molecule has 0 atom stereocenters. The van der Waals surface area contributed by atoms with E-state index >= 15 is 0 Å².